The standard InChI is InChI=1S/C51H56N6O14S3/c1-2-3-17-46(58)43(36-52)50(61)55-38-22-24-39(25-23-38)71-33-10-4-5-18-47(59)53-29-30-54-48(60)28-21-37-19-26-40(27-20-37)74(69,70)57(32-12-35-73(66,67)68)51(62)49-41-13-6-8-15-44(41)56(31-11-34-72(63,64)65)45-16-9-7-14-42(45)49/h1,6-9,13-16,19-20,22-27H,3-5,10-12,17-18,21,28-35H2,(H5-,53,54,55,58,59,60,61,63,64,65,66,67,68)/p+1. The number of rotatable bonds is 28. The molecule has 0 saturated heterocycles. The molecule has 0 atom stereocenters. The van der Waals surface area contributed by atoms with Gasteiger partial charge in [-0.15, -0.1) is 12.3 Å². The van der Waals surface area contributed by atoms with E-state index in [0.29, 0.717) is 69.0 Å². The van der Waals surface area contributed by atoms with Gasteiger partial charge in [0.15, 0.2) is 12.1 Å². The Kier molecular flexibility index (Phi) is 21.0. The fourth-order valence-corrected chi connectivity index (χ4v) is 10.2. The number of nitrogens with one attached hydrogen (secondary N) is 3. The molecule has 74 heavy (non-hydrogen) atoms. The topological polar surface area (TPSA) is 308 Å². The summed E-state index contributed by atoms with van der Waals surface area (Å²) in [5.74, 6) is -1.09. The minimum Gasteiger partial charge on any atom is -0.511 e. The second kappa shape index (κ2) is 27.0. The van der Waals surface area contributed by atoms with E-state index in [2.05, 4.69) is 21.9 Å². The van der Waals surface area contributed by atoms with Crippen LogP contribution < -0.4 is 25.3 Å². The second-order valence-electron chi connectivity index (χ2n) is 16.8. The number of sulfonamides is 1. The maximum absolute atomic E-state index is 14.7. The van der Waals surface area contributed by atoms with Crippen molar-refractivity contribution in [2.24, 2.45) is 0 Å². The van der Waals surface area contributed by atoms with Crippen LogP contribution in [0.5, 0.6) is 5.75 Å². The lowest BCUT2D eigenvalue weighted by Crippen LogP contribution is -2.41. The number of carbonyl (C=O) groups is 4. The van der Waals surface area contributed by atoms with Gasteiger partial charge in [-0.1, -0.05) is 36.4 Å². The molecule has 6 N–H and O–H groups in total. The van der Waals surface area contributed by atoms with Crippen molar-refractivity contribution in [1.82, 2.24) is 14.9 Å². The SMILES string of the molecule is C#CCC/C(O)=C(\C#N)C(=O)Nc1ccc(OCCCCCC(=O)NCCNC(=O)CCc2ccc(S(=O)(=O)N(CCCS(=O)(=O)O)C(=O)c3c4ccccc4[n+](CCCS(=O)(=O)O)c4ccccc34)cc2)cc1. The van der Waals surface area contributed by atoms with E-state index in [1.165, 1.54) is 24.3 Å². The molecule has 23 heteroatoms. The Bertz CT molecular complexity index is 3240. The summed E-state index contributed by atoms with van der Waals surface area (Å²) >= 11 is 0. The lowest BCUT2D eigenvalue weighted by atomic mass is 10.0. The van der Waals surface area contributed by atoms with Crippen molar-refractivity contribution in [3.05, 3.63) is 120 Å². The summed E-state index contributed by atoms with van der Waals surface area (Å²) in [4.78, 5) is 51.8. The van der Waals surface area contributed by atoms with Gasteiger partial charge in [-0.2, -0.15) is 26.7 Å². The van der Waals surface area contributed by atoms with Gasteiger partial charge in [0, 0.05) is 69.6 Å². The zero-order chi connectivity index (χ0) is 53.9. The monoisotopic (exact) mass is 1070 g/mol. The molecule has 5 rings (SSSR count). The van der Waals surface area contributed by atoms with Crippen LogP contribution in [0.2, 0.25) is 0 Å². The zero-order valence-electron chi connectivity index (χ0n) is 40.2. The van der Waals surface area contributed by atoms with Crippen LogP contribution in [-0.4, -0.2) is 105 Å². The number of ether oxygens (including phenoxy) is 1. The average Bonchev–Trinajstić information content (AvgIpc) is 3.36. The first kappa shape index (κ1) is 57.5. The third kappa shape index (κ3) is 17.1. The minimum absolute atomic E-state index is 0.00964. The molecule has 392 valence electrons. The normalized spacial score (nSPS) is 12.0. The second-order valence-corrected chi connectivity index (χ2v) is 21.8. The Morgan fingerprint density at radius 1 is 0.703 bits per heavy atom. The van der Waals surface area contributed by atoms with E-state index in [1.807, 2.05) is 0 Å². The van der Waals surface area contributed by atoms with Crippen molar-refractivity contribution < 1.29 is 67.9 Å². The molecule has 0 unspecified atom stereocenters. The van der Waals surface area contributed by atoms with E-state index in [1.54, 1.807) is 83.4 Å². The number of aromatic nitrogens is 1. The van der Waals surface area contributed by atoms with Gasteiger partial charge in [-0.25, -0.2) is 12.7 Å². The predicted octanol–water partition coefficient (Wildman–Crippen LogP) is 5.16. The molecule has 1 heterocycles. The molecule has 0 bridgehead atoms. The lowest BCUT2D eigenvalue weighted by molar-refractivity contribution is -0.645. The van der Waals surface area contributed by atoms with Crippen molar-refractivity contribution in [1.29, 1.82) is 5.26 Å². The van der Waals surface area contributed by atoms with Crippen LogP contribution in [-0.2, 0) is 57.6 Å². The number of allylic oxidation sites excluding steroid dienone is 1. The number of terminal acetylenes is 1. The van der Waals surface area contributed by atoms with E-state index in [0.717, 1.165) is 0 Å². The van der Waals surface area contributed by atoms with E-state index < -0.39 is 72.1 Å². The number of aliphatic hydroxyl groups excluding tert-OH is 1. The Hall–Kier alpha value is -7.41. The van der Waals surface area contributed by atoms with E-state index in [4.69, 9.17) is 11.2 Å². The van der Waals surface area contributed by atoms with Gasteiger partial charge in [-0.05, 0) is 86.2 Å². The van der Waals surface area contributed by atoms with Crippen LogP contribution in [0.4, 0.5) is 5.69 Å². The summed E-state index contributed by atoms with van der Waals surface area (Å²) in [5, 5.41) is 27.9. The summed E-state index contributed by atoms with van der Waals surface area (Å²) in [7, 11) is -13.5. The lowest BCUT2D eigenvalue weighted by Gasteiger charge is -2.24. The van der Waals surface area contributed by atoms with E-state index in [-0.39, 0.29) is 86.2 Å². The molecular formula is C51H57N6O14S3+. The fraction of sp³-hybridized carbons (Fsp3) is 0.333. The number of pyridine rings is 1. The summed E-state index contributed by atoms with van der Waals surface area (Å²) in [6, 6.07) is 26.9. The number of carbonyl (C=O) groups excluding carboxylic acids is 4. The maximum atomic E-state index is 14.7. The number of aryl methyl sites for hydroxylation is 2. The van der Waals surface area contributed by atoms with Crippen LogP contribution in [0.3, 0.4) is 0 Å². The van der Waals surface area contributed by atoms with Gasteiger partial charge in [0.2, 0.25) is 22.8 Å². The number of fused-ring (bicyclic) bond motifs is 2. The molecular weight excluding hydrogens is 1020 g/mol. The molecule has 4 amide bonds. The van der Waals surface area contributed by atoms with Crippen LogP contribution in [0.1, 0.15) is 73.7 Å². The zero-order valence-corrected chi connectivity index (χ0v) is 42.7. The summed E-state index contributed by atoms with van der Waals surface area (Å²) in [6.07, 6.45) is 7.46. The molecule has 20 nitrogen and oxygen atoms in total. The highest BCUT2D eigenvalue weighted by Gasteiger charge is 2.34. The van der Waals surface area contributed by atoms with Crippen LogP contribution in [0.25, 0.3) is 21.8 Å². The van der Waals surface area contributed by atoms with Gasteiger partial charge < -0.3 is 25.8 Å². The highest BCUT2D eigenvalue weighted by Crippen LogP contribution is 2.29. The first-order valence-corrected chi connectivity index (χ1v) is 28.1. The Morgan fingerprint density at radius 3 is 1.86 bits per heavy atom. The number of unbranched alkanes of at least 4 members (excludes halogenated alkanes) is 2. The Morgan fingerprint density at radius 2 is 1.28 bits per heavy atom. The van der Waals surface area contributed by atoms with Gasteiger partial charge in [0.25, 0.3) is 42.1 Å². The highest BCUT2D eigenvalue weighted by atomic mass is 32.2. The summed E-state index contributed by atoms with van der Waals surface area (Å²) < 4.78 is 102. The van der Waals surface area contributed by atoms with Crippen molar-refractivity contribution in [3.8, 4) is 24.2 Å². The Labute approximate surface area is 430 Å². The van der Waals surface area contributed by atoms with Crippen LogP contribution >= 0.6 is 0 Å². The molecule has 4 aromatic carbocycles. The number of hydrogen-bond donors (Lipinski definition) is 6. The van der Waals surface area contributed by atoms with Gasteiger partial charge in [0.1, 0.15) is 17.6 Å². The number of nitrogens with zero attached hydrogens (tertiary/aromatic N) is 3. The molecule has 0 spiro atoms. The first-order chi connectivity index (χ1) is 35.2. The number of aliphatic hydroxyl groups is 1. The van der Waals surface area contributed by atoms with Crippen LogP contribution in [0, 0.1) is 23.7 Å². The smallest absolute Gasteiger partial charge is 0.269 e. The number of benzene rings is 4. The van der Waals surface area contributed by atoms with Gasteiger partial charge >= 0.3 is 0 Å². The Balaban J connectivity index is 1.09. The molecule has 0 saturated carbocycles. The van der Waals surface area contributed by atoms with Crippen molar-refractivity contribution in [3.63, 3.8) is 0 Å². The summed E-state index contributed by atoms with van der Waals surface area (Å²) in [6.45, 7) is 0.246. The molecule has 0 radical (unpaired) electrons. The quantitative estimate of drug-likeness (QED) is 0.00551. The number of nitriles is 1. The molecule has 0 aliphatic heterocycles. The number of amides is 4. The predicted molar refractivity (Wildman–Crippen MR) is 275 cm³/mol. The molecule has 0 aliphatic rings. The largest absolute Gasteiger partial charge is 0.511 e. The first-order valence-electron chi connectivity index (χ1n) is 23.4. The number of para-hydroxylation sites is 2. The van der Waals surface area contributed by atoms with E-state index >= 15 is 0 Å². The average molecular weight is 1070 g/mol. The van der Waals surface area contributed by atoms with Crippen molar-refractivity contribution in [2.45, 2.75) is 75.6 Å². The maximum Gasteiger partial charge on any atom is 0.269 e. The van der Waals surface area contributed by atoms with Crippen molar-refractivity contribution >= 4 is 81.4 Å². The van der Waals surface area contributed by atoms with Crippen molar-refractivity contribution in [2.75, 3.05) is 43.1 Å². The van der Waals surface area contributed by atoms with E-state index in [9.17, 15) is 63.9 Å². The number of hydrogen-bond acceptors (Lipinski definition) is 13. The molecule has 1 aromatic heterocycles. The molecule has 0 fully saturated rings. The third-order valence-electron chi connectivity index (χ3n) is 11.4. The van der Waals surface area contributed by atoms with Crippen LogP contribution in [0.15, 0.2) is 113 Å². The molecule has 5 aromatic rings. The highest BCUT2D eigenvalue weighted by molar-refractivity contribution is 7.89. The van der Waals surface area contributed by atoms with Gasteiger partial charge in [-0.3, -0.25) is 28.3 Å². The number of anilines is 1. The third-order valence-corrected chi connectivity index (χ3v) is 14.8. The minimum atomic E-state index is -4.68. The summed E-state index contributed by atoms with van der Waals surface area (Å²) in [5.41, 5.74) is 1.48. The fourth-order valence-electron chi connectivity index (χ4n) is 7.78. The van der Waals surface area contributed by atoms with Gasteiger partial charge in [0.05, 0.1) is 39.3 Å². The molecule has 0 aliphatic carbocycles.